The Morgan fingerprint density at radius 2 is 1.42 bits per heavy atom. The van der Waals surface area contributed by atoms with Crippen molar-refractivity contribution in [1.29, 1.82) is 0 Å². The first-order chi connectivity index (χ1) is 28.0. The van der Waals surface area contributed by atoms with E-state index in [9.17, 15) is 14.4 Å². The number of amides is 4. The number of aliphatic imine (C=N–C) groups is 1. The number of allylic oxidation sites excluding steroid dienone is 1. The number of H-pyrrole nitrogens is 1. The number of hydrogen-bond donors (Lipinski definition) is 2. The molecule has 294 valence electrons. The van der Waals surface area contributed by atoms with Crippen LogP contribution < -0.4 is 5.32 Å². The summed E-state index contributed by atoms with van der Waals surface area (Å²) in [4.78, 5) is 59.3. The van der Waals surface area contributed by atoms with Crippen LogP contribution in [0, 0.1) is 0 Å². The molecule has 0 spiro atoms. The van der Waals surface area contributed by atoms with E-state index in [4.69, 9.17) is 19.5 Å². The van der Waals surface area contributed by atoms with Crippen LogP contribution in [-0.2, 0) is 19.1 Å². The van der Waals surface area contributed by atoms with Gasteiger partial charge >= 0.3 is 6.03 Å². The molecule has 4 atom stereocenters. The van der Waals surface area contributed by atoms with Gasteiger partial charge in [-0.2, -0.15) is 0 Å². The van der Waals surface area contributed by atoms with Crippen molar-refractivity contribution in [2.45, 2.75) is 69.2 Å². The Morgan fingerprint density at radius 1 is 0.737 bits per heavy atom. The Kier molecular flexibility index (Phi) is 10.7. The first kappa shape index (κ1) is 37.0. The highest BCUT2D eigenvalue weighted by Gasteiger charge is 2.39. The highest BCUT2D eigenvalue weighted by Crippen LogP contribution is 2.35. The third-order valence-electron chi connectivity index (χ3n) is 12.1. The number of aromatic amines is 1. The van der Waals surface area contributed by atoms with Gasteiger partial charge in [0, 0.05) is 51.1 Å². The van der Waals surface area contributed by atoms with E-state index in [0.29, 0.717) is 45.9 Å². The molecule has 0 saturated carbocycles. The second-order valence-corrected chi connectivity index (χ2v) is 15.6. The fourth-order valence-corrected chi connectivity index (χ4v) is 8.93. The number of likely N-dealkylation sites (tertiary alicyclic amines) is 2. The summed E-state index contributed by atoms with van der Waals surface area (Å²) in [5.41, 5.74) is 8.18. The lowest BCUT2D eigenvalue weighted by Crippen LogP contribution is -2.51. The van der Waals surface area contributed by atoms with Gasteiger partial charge in [0.1, 0.15) is 18.0 Å². The smallest absolute Gasteiger partial charge is 0.318 e. The van der Waals surface area contributed by atoms with Gasteiger partial charge in [-0.05, 0) is 71.9 Å². The highest BCUT2D eigenvalue weighted by atomic mass is 16.5. The molecule has 5 aliphatic rings. The number of hydrogen-bond acceptors (Lipinski definition) is 7. The molecule has 3 aromatic carbocycles. The monoisotopic (exact) mass is 767 g/mol. The number of morpholine rings is 1. The molecule has 4 amide bonds. The number of carbonyl (C=O) groups excluding carboxylic acids is 3. The third-order valence-corrected chi connectivity index (χ3v) is 12.1. The standard InChI is InChI=1S/C45H49N7O5/c53-43(40-11-6-24-57-40)52-21-5-10-39(52)42-47-29-37(48-42)33-18-16-31(17-19-33)30-12-14-32(15-13-30)35-27-36(46-28-35)38-9-4-20-51(38)44(54)41(34-7-2-1-3-8-34)49-45(55)50-22-25-56-26-23-50/h1-3,7-8,12-19,28-29,38-41H,4-6,9-11,20-27H2,(H,47,48)(H,49,55)/t38-,39-,40-,41+/m0/s1. The molecular weight excluding hydrogens is 719 g/mol. The second kappa shape index (κ2) is 16.5. The topological polar surface area (TPSA) is 132 Å². The quantitative estimate of drug-likeness (QED) is 0.199. The molecule has 12 nitrogen and oxygen atoms in total. The van der Waals surface area contributed by atoms with Crippen molar-refractivity contribution in [3.05, 3.63) is 108 Å². The lowest BCUT2D eigenvalue weighted by molar-refractivity contribution is -0.142. The van der Waals surface area contributed by atoms with Crippen LogP contribution >= 0.6 is 0 Å². The average molecular weight is 768 g/mol. The molecule has 57 heavy (non-hydrogen) atoms. The number of ether oxygens (including phenoxy) is 2. The van der Waals surface area contributed by atoms with Gasteiger partial charge < -0.3 is 34.5 Å². The molecule has 9 rings (SSSR count). The summed E-state index contributed by atoms with van der Waals surface area (Å²) in [7, 11) is 0. The molecule has 4 fully saturated rings. The molecular formula is C45H49N7O5. The van der Waals surface area contributed by atoms with Crippen molar-refractivity contribution in [3.8, 4) is 22.4 Å². The predicted octanol–water partition coefficient (Wildman–Crippen LogP) is 6.55. The van der Waals surface area contributed by atoms with Gasteiger partial charge in [0.25, 0.3) is 5.91 Å². The molecule has 1 aromatic heterocycles. The van der Waals surface area contributed by atoms with Crippen LogP contribution in [0.25, 0.3) is 28.0 Å². The van der Waals surface area contributed by atoms with E-state index in [2.05, 4.69) is 58.8 Å². The van der Waals surface area contributed by atoms with Crippen molar-refractivity contribution in [3.63, 3.8) is 0 Å². The largest absolute Gasteiger partial charge is 0.378 e. The Hall–Kier alpha value is -5.59. The van der Waals surface area contributed by atoms with Gasteiger partial charge in [-0.3, -0.25) is 14.6 Å². The minimum Gasteiger partial charge on any atom is -0.378 e. The number of nitrogens with zero attached hydrogens (tertiary/aromatic N) is 5. The van der Waals surface area contributed by atoms with Crippen molar-refractivity contribution < 1.29 is 23.9 Å². The van der Waals surface area contributed by atoms with Crippen LogP contribution in [0.15, 0.2) is 96.3 Å². The Balaban J connectivity index is 0.827. The summed E-state index contributed by atoms with van der Waals surface area (Å²) in [5.74, 6) is 0.818. The first-order valence-electron chi connectivity index (χ1n) is 20.4. The average Bonchev–Trinajstić information content (AvgIpc) is 4.13. The van der Waals surface area contributed by atoms with E-state index in [1.807, 2.05) is 52.5 Å². The number of benzene rings is 3. The van der Waals surface area contributed by atoms with E-state index in [1.54, 1.807) is 4.90 Å². The first-order valence-corrected chi connectivity index (χ1v) is 20.4. The van der Waals surface area contributed by atoms with Gasteiger partial charge in [-0.15, -0.1) is 0 Å². The number of rotatable bonds is 9. The molecule has 0 bridgehead atoms. The predicted molar refractivity (Wildman–Crippen MR) is 217 cm³/mol. The van der Waals surface area contributed by atoms with Crippen molar-refractivity contribution in [2.75, 3.05) is 46.0 Å². The summed E-state index contributed by atoms with van der Waals surface area (Å²) in [6.45, 7) is 4.02. The number of aromatic nitrogens is 2. The Morgan fingerprint density at radius 3 is 2.14 bits per heavy atom. The van der Waals surface area contributed by atoms with E-state index >= 15 is 0 Å². The van der Waals surface area contributed by atoms with Crippen LogP contribution in [0.4, 0.5) is 4.79 Å². The summed E-state index contributed by atoms with van der Waals surface area (Å²) in [5, 5.41) is 3.05. The van der Waals surface area contributed by atoms with Crippen LogP contribution in [-0.4, -0.2) is 106 Å². The van der Waals surface area contributed by atoms with Crippen LogP contribution in [0.1, 0.15) is 74.0 Å². The number of urea groups is 1. The van der Waals surface area contributed by atoms with Gasteiger partial charge in [-0.25, -0.2) is 9.78 Å². The SMILES string of the molecule is O=C(N[C@@H](C(=O)N1CCC[C@H]1C1=NC=C(c2ccc(-c3ccc(-c4cnc([C@@H]5CCCN5C(=O)[C@@H]5CCCO5)[nH]4)cc3)cc2)C1)c1ccccc1)N1CCOCC1. The van der Waals surface area contributed by atoms with Gasteiger partial charge in [-0.1, -0.05) is 78.9 Å². The lowest BCUT2D eigenvalue weighted by atomic mass is 9.96. The maximum Gasteiger partial charge on any atom is 0.318 e. The lowest BCUT2D eigenvalue weighted by Gasteiger charge is -2.32. The van der Waals surface area contributed by atoms with Gasteiger partial charge in [0.05, 0.1) is 37.2 Å². The molecule has 0 aliphatic carbocycles. The van der Waals surface area contributed by atoms with E-state index in [1.165, 1.54) is 0 Å². The normalized spacial score (nSPS) is 22.7. The van der Waals surface area contributed by atoms with Crippen molar-refractivity contribution in [2.24, 2.45) is 4.99 Å². The molecule has 5 aliphatic heterocycles. The molecule has 2 N–H and O–H groups in total. The molecule has 0 unspecified atom stereocenters. The molecule has 12 heteroatoms. The summed E-state index contributed by atoms with van der Waals surface area (Å²) in [6.07, 6.45) is 9.49. The van der Waals surface area contributed by atoms with E-state index in [0.717, 1.165) is 95.7 Å². The zero-order chi connectivity index (χ0) is 38.7. The maximum atomic E-state index is 14.3. The van der Waals surface area contributed by atoms with Crippen LogP contribution in [0.3, 0.4) is 0 Å². The van der Waals surface area contributed by atoms with Crippen molar-refractivity contribution in [1.82, 2.24) is 30.0 Å². The zero-order valence-electron chi connectivity index (χ0n) is 32.1. The number of imidazole rings is 1. The number of carbonyl (C=O) groups is 3. The zero-order valence-corrected chi connectivity index (χ0v) is 32.1. The van der Waals surface area contributed by atoms with Crippen LogP contribution in [0.2, 0.25) is 0 Å². The summed E-state index contributed by atoms with van der Waals surface area (Å²) >= 11 is 0. The molecule has 6 heterocycles. The second-order valence-electron chi connectivity index (χ2n) is 15.6. The minimum absolute atomic E-state index is 0.0451. The summed E-state index contributed by atoms with van der Waals surface area (Å²) < 4.78 is 11.1. The van der Waals surface area contributed by atoms with Gasteiger partial charge in [0.15, 0.2) is 0 Å². The fraction of sp³-hybridized carbons (Fsp3) is 0.400. The summed E-state index contributed by atoms with van der Waals surface area (Å²) in [6, 6.07) is 25.3. The Labute approximate surface area is 333 Å². The van der Waals surface area contributed by atoms with Crippen molar-refractivity contribution >= 4 is 29.1 Å². The fourth-order valence-electron chi connectivity index (χ4n) is 8.93. The maximum absolute atomic E-state index is 14.3. The van der Waals surface area contributed by atoms with E-state index in [-0.39, 0.29) is 36.0 Å². The van der Waals surface area contributed by atoms with E-state index < -0.39 is 6.04 Å². The number of nitrogens with one attached hydrogen (secondary N) is 2. The Bertz CT molecular complexity index is 2140. The third kappa shape index (κ3) is 7.76. The molecule has 0 radical (unpaired) electrons. The molecule has 4 saturated heterocycles. The minimum atomic E-state index is -0.785. The molecule has 4 aromatic rings. The van der Waals surface area contributed by atoms with Gasteiger partial charge in [0.2, 0.25) is 5.91 Å². The van der Waals surface area contributed by atoms with Crippen LogP contribution in [0.5, 0.6) is 0 Å². The highest BCUT2D eigenvalue weighted by molar-refractivity contribution is 6.04.